The number of hydrogen-bond donors (Lipinski definition) is 3. The molecule has 1 aromatic carbocycles. The molecule has 1 amide bonds. The third-order valence-electron chi connectivity index (χ3n) is 3.61. The molecule has 1 aromatic rings. The van der Waals surface area contributed by atoms with Crippen LogP contribution in [0.2, 0.25) is 5.02 Å². The maximum absolute atomic E-state index is 12.0. The zero-order valence-electron chi connectivity index (χ0n) is 11.0. The fourth-order valence-electron chi connectivity index (χ4n) is 2.62. The smallest absolute Gasteiger partial charge is 0.339 e. The van der Waals surface area contributed by atoms with Gasteiger partial charge in [0, 0.05) is 12.0 Å². The molecule has 1 saturated carbocycles. The summed E-state index contributed by atoms with van der Waals surface area (Å²) in [6.45, 7) is 0. The van der Waals surface area contributed by atoms with Crippen LogP contribution in [0.1, 0.15) is 42.5 Å². The van der Waals surface area contributed by atoms with Crippen molar-refractivity contribution in [1.82, 2.24) is 0 Å². The zero-order chi connectivity index (χ0) is 14.8. The van der Waals surface area contributed by atoms with Gasteiger partial charge in [-0.1, -0.05) is 30.5 Å². The van der Waals surface area contributed by atoms with E-state index in [4.69, 9.17) is 22.4 Å². The van der Waals surface area contributed by atoms with Gasteiger partial charge in [-0.05, 0) is 25.0 Å². The number of rotatable bonds is 4. The zero-order valence-corrected chi connectivity index (χ0v) is 11.7. The van der Waals surface area contributed by atoms with E-state index in [0.717, 1.165) is 25.7 Å². The molecule has 5 nitrogen and oxygen atoms in total. The van der Waals surface area contributed by atoms with E-state index in [0.29, 0.717) is 0 Å². The molecule has 20 heavy (non-hydrogen) atoms. The van der Waals surface area contributed by atoms with Gasteiger partial charge in [-0.3, -0.25) is 4.79 Å². The van der Waals surface area contributed by atoms with Crippen LogP contribution in [0.4, 0.5) is 5.69 Å². The summed E-state index contributed by atoms with van der Waals surface area (Å²) < 4.78 is 0. The number of halogens is 1. The first-order chi connectivity index (χ1) is 9.41. The molecule has 0 saturated heterocycles. The number of aromatic carboxylic acids is 1. The highest BCUT2D eigenvalue weighted by molar-refractivity contribution is 6.34. The number of carbonyl (C=O) groups is 2. The van der Waals surface area contributed by atoms with Gasteiger partial charge in [0.05, 0.1) is 10.7 Å². The molecule has 1 fully saturated rings. The number of nitrogens with one attached hydrogen (secondary N) is 1. The van der Waals surface area contributed by atoms with Gasteiger partial charge in [0.2, 0.25) is 5.91 Å². The summed E-state index contributed by atoms with van der Waals surface area (Å²) in [4.78, 5) is 23.2. The monoisotopic (exact) mass is 296 g/mol. The van der Waals surface area contributed by atoms with E-state index in [2.05, 4.69) is 5.32 Å². The van der Waals surface area contributed by atoms with Gasteiger partial charge in [0.1, 0.15) is 5.56 Å². The number of anilines is 1. The van der Waals surface area contributed by atoms with Gasteiger partial charge in [0.15, 0.2) is 0 Å². The van der Waals surface area contributed by atoms with Crippen molar-refractivity contribution in [3.8, 4) is 0 Å². The Morgan fingerprint density at radius 1 is 1.35 bits per heavy atom. The van der Waals surface area contributed by atoms with E-state index in [-0.39, 0.29) is 28.6 Å². The van der Waals surface area contributed by atoms with Gasteiger partial charge in [-0.15, -0.1) is 0 Å². The fourth-order valence-corrected chi connectivity index (χ4v) is 2.87. The second kappa shape index (κ2) is 5.81. The summed E-state index contributed by atoms with van der Waals surface area (Å²) in [5.41, 5.74) is 5.78. The third-order valence-corrected chi connectivity index (χ3v) is 3.93. The number of carboxylic acids is 1. The molecule has 0 unspecified atom stereocenters. The van der Waals surface area contributed by atoms with Crippen LogP contribution in [0.25, 0.3) is 0 Å². The van der Waals surface area contributed by atoms with Crippen molar-refractivity contribution in [2.45, 2.75) is 37.6 Å². The lowest BCUT2D eigenvalue weighted by molar-refractivity contribution is -0.117. The molecule has 0 aliphatic heterocycles. The van der Waals surface area contributed by atoms with Crippen LogP contribution in [-0.2, 0) is 4.79 Å². The Morgan fingerprint density at radius 3 is 2.60 bits per heavy atom. The number of nitrogens with two attached hydrogens (primary N) is 1. The second-order valence-corrected chi connectivity index (χ2v) is 5.67. The van der Waals surface area contributed by atoms with E-state index >= 15 is 0 Å². The molecule has 0 aromatic heterocycles. The summed E-state index contributed by atoms with van der Waals surface area (Å²) in [5, 5.41) is 11.8. The van der Waals surface area contributed by atoms with Gasteiger partial charge in [-0.25, -0.2) is 4.79 Å². The molecule has 0 radical (unpaired) electrons. The van der Waals surface area contributed by atoms with Crippen LogP contribution < -0.4 is 11.1 Å². The SMILES string of the molecule is NC1(CC(=O)Nc2cccc(Cl)c2C(=O)O)CCCC1. The molecule has 0 spiro atoms. The van der Waals surface area contributed by atoms with Crippen molar-refractivity contribution in [1.29, 1.82) is 0 Å². The quantitative estimate of drug-likeness (QED) is 0.796. The summed E-state index contributed by atoms with van der Waals surface area (Å²) in [5.74, 6) is -1.45. The van der Waals surface area contributed by atoms with Crippen molar-refractivity contribution in [2.24, 2.45) is 5.73 Å². The number of benzene rings is 1. The van der Waals surface area contributed by atoms with Gasteiger partial charge >= 0.3 is 5.97 Å². The van der Waals surface area contributed by atoms with Crippen LogP contribution in [0.15, 0.2) is 18.2 Å². The second-order valence-electron chi connectivity index (χ2n) is 5.26. The lowest BCUT2D eigenvalue weighted by Crippen LogP contribution is -2.40. The average Bonchev–Trinajstić information content (AvgIpc) is 2.74. The van der Waals surface area contributed by atoms with E-state index in [1.54, 1.807) is 6.07 Å². The molecule has 0 bridgehead atoms. The average molecular weight is 297 g/mol. The van der Waals surface area contributed by atoms with Crippen LogP contribution >= 0.6 is 11.6 Å². The highest BCUT2D eigenvalue weighted by atomic mass is 35.5. The first-order valence-corrected chi connectivity index (χ1v) is 6.90. The lowest BCUT2D eigenvalue weighted by Gasteiger charge is -2.22. The molecule has 0 atom stereocenters. The van der Waals surface area contributed by atoms with Crippen molar-refractivity contribution >= 4 is 29.2 Å². The summed E-state index contributed by atoms with van der Waals surface area (Å²) in [6, 6.07) is 4.59. The third kappa shape index (κ3) is 3.29. The van der Waals surface area contributed by atoms with E-state index in [1.807, 2.05) is 0 Å². The summed E-state index contributed by atoms with van der Waals surface area (Å²) >= 11 is 5.85. The van der Waals surface area contributed by atoms with E-state index in [9.17, 15) is 9.59 Å². The van der Waals surface area contributed by atoms with Crippen LogP contribution in [0.3, 0.4) is 0 Å². The highest BCUT2D eigenvalue weighted by Crippen LogP contribution is 2.31. The maximum atomic E-state index is 12.0. The van der Waals surface area contributed by atoms with Gasteiger partial charge in [-0.2, -0.15) is 0 Å². The normalized spacial score (nSPS) is 16.9. The highest BCUT2D eigenvalue weighted by Gasteiger charge is 2.32. The van der Waals surface area contributed by atoms with Crippen molar-refractivity contribution in [2.75, 3.05) is 5.32 Å². The Bertz CT molecular complexity index is 539. The minimum absolute atomic E-state index is 0.0960. The minimum Gasteiger partial charge on any atom is -0.478 e. The molecule has 0 heterocycles. The molecule has 2 rings (SSSR count). The Labute approximate surface area is 122 Å². The van der Waals surface area contributed by atoms with Crippen LogP contribution in [-0.4, -0.2) is 22.5 Å². The topological polar surface area (TPSA) is 92.4 Å². The summed E-state index contributed by atoms with van der Waals surface area (Å²) in [6.07, 6.45) is 3.89. The number of amides is 1. The molecular formula is C14H17ClN2O3. The first kappa shape index (κ1) is 14.8. The minimum atomic E-state index is -1.17. The van der Waals surface area contributed by atoms with Gasteiger partial charge in [0.25, 0.3) is 0 Å². The largest absolute Gasteiger partial charge is 0.478 e. The molecule has 6 heteroatoms. The molecule has 1 aliphatic carbocycles. The Morgan fingerprint density at radius 2 is 2.00 bits per heavy atom. The Kier molecular flexibility index (Phi) is 4.30. The Balaban J connectivity index is 2.12. The van der Waals surface area contributed by atoms with Crippen molar-refractivity contribution in [3.05, 3.63) is 28.8 Å². The van der Waals surface area contributed by atoms with Crippen LogP contribution in [0.5, 0.6) is 0 Å². The van der Waals surface area contributed by atoms with Crippen LogP contribution in [0, 0.1) is 0 Å². The Hall–Kier alpha value is -1.59. The standard InChI is InChI=1S/C14H17ClN2O3/c15-9-4-3-5-10(12(9)13(19)20)17-11(18)8-14(16)6-1-2-7-14/h3-5H,1-2,6-8,16H2,(H,17,18)(H,19,20). The lowest BCUT2D eigenvalue weighted by atomic mass is 9.94. The fraction of sp³-hybridized carbons (Fsp3) is 0.429. The van der Waals surface area contributed by atoms with E-state index < -0.39 is 11.5 Å². The predicted molar refractivity (Wildman–Crippen MR) is 77.0 cm³/mol. The molecule has 1 aliphatic rings. The number of hydrogen-bond acceptors (Lipinski definition) is 3. The number of carboxylic acid groups (broad SMARTS) is 1. The predicted octanol–water partition coefficient (Wildman–Crippen LogP) is 2.64. The first-order valence-electron chi connectivity index (χ1n) is 6.52. The molecule has 108 valence electrons. The molecule has 4 N–H and O–H groups in total. The molecular weight excluding hydrogens is 280 g/mol. The van der Waals surface area contributed by atoms with Crippen molar-refractivity contribution in [3.63, 3.8) is 0 Å². The van der Waals surface area contributed by atoms with E-state index in [1.165, 1.54) is 12.1 Å². The number of carbonyl (C=O) groups excluding carboxylic acids is 1. The van der Waals surface area contributed by atoms with Gasteiger partial charge < -0.3 is 16.2 Å². The summed E-state index contributed by atoms with van der Waals surface area (Å²) in [7, 11) is 0. The maximum Gasteiger partial charge on any atom is 0.339 e. The van der Waals surface area contributed by atoms with Crippen molar-refractivity contribution < 1.29 is 14.7 Å².